The molecule has 0 bridgehead atoms. The van der Waals surface area contributed by atoms with Gasteiger partial charge in [-0.15, -0.1) is 0 Å². The number of carbonyl (C=O) groups is 1. The van der Waals surface area contributed by atoms with Crippen molar-refractivity contribution in [1.29, 1.82) is 0 Å². The monoisotopic (exact) mass is 418 g/mol. The Kier molecular flexibility index (Phi) is 6.45. The van der Waals surface area contributed by atoms with Crippen molar-refractivity contribution >= 4 is 33.0 Å². The molecule has 0 spiro atoms. The molecule has 2 aromatic rings. The molecule has 1 amide bonds. The van der Waals surface area contributed by atoms with Crippen LogP contribution < -0.4 is 15.4 Å². The molecule has 1 aliphatic rings. The van der Waals surface area contributed by atoms with E-state index in [1.165, 1.54) is 24.3 Å². The van der Waals surface area contributed by atoms with Gasteiger partial charge in [-0.25, -0.2) is 13.1 Å². The first kappa shape index (κ1) is 20.7. The first-order valence-corrected chi connectivity index (χ1v) is 10.7. The third-order valence-electron chi connectivity index (χ3n) is 4.32. The van der Waals surface area contributed by atoms with Crippen LogP contribution in [0.4, 0.5) is 17.1 Å². The number of sulfonamides is 1. The zero-order chi connectivity index (χ0) is 20.9. The van der Waals surface area contributed by atoms with Crippen molar-refractivity contribution in [3.63, 3.8) is 0 Å². The maximum atomic E-state index is 12.3. The molecule has 0 atom stereocenters. The fraction of sp³-hybridized carbons (Fsp3) is 0.316. The van der Waals surface area contributed by atoms with Gasteiger partial charge >= 0.3 is 0 Å². The van der Waals surface area contributed by atoms with Crippen molar-refractivity contribution in [3.05, 3.63) is 58.6 Å². The van der Waals surface area contributed by atoms with E-state index in [-0.39, 0.29) is 29.0 Å². The highest BCUT2D eigenvalue weighted by atomic mass is 32.2. The molecule has 9 nitrogen and oxygen atoms in total. The molecule has 0 aromatic heterocycles. The highest BCUT2D eigenvalue weighted by Gasteiger charge is 2.28. The lowest BCUT2D eigenvalue weighted by Crippen LogP contribution is -2.25. The Hall–Kier alpha value is -2.98. The number of nitro benzene ring substituents is 1. The molecule has 1 aliphatic carbocycles. The second-order valence-corrected chi connectivity index (χ2v) is 8.52. The number of anilines is 2. The first-order valence-electron chi connectivity index (χ1n) is 9.24. The molecule has 0 radical (unpaired) electrons. The number of carbonyl (C=O) groups excluding carboxylic acids is 1. The van der Waals surface area contributed by atoms with Crippen LogP contribution in [0.25, 0.3) is 0 Å². The van der Waals surface area contributed by atoms with Crippen LogP contribution in [0.5, 0.6) is 0 Å². The van der Waals surface area contributed by atoms with Gasteiger partial charge in [0.05, 0.1) is 9.82 Å². The number of amides is 1. The lowest BCUT2D eigenvalue weighted by Gasteiger charge is -2.09. The number of hydrogen-bond donors (Lipinski definition) is 3. The van der Waals surface area contributed by atoms with Crippen LogP contribution in [0.2, 0.25) is 0 Å². The van der Waals surface area contributed by atoms with E-state index in [9.17, 15) is 23.3 Å². The Morgan fingerprint density at radius 3 is 2.48 bits per heavy atom. The summed E-state index contributed by atoms with van der Waals surface area (Å²) >= 11 is 0. The minimum absolute atomic E-state index is 0.0153. The summed E-state index contributed by atoms with van der Waals surface area (Å²) in [7, 11) is -3.57. The third-order valence-corrected chi connectivity index (χ3v) is 5.83. The van der Waals surface area contributed by atoms with Crippen LogP contribution in [-0.4, -0.2) is 31.8 Å². The van der Waals surface area contributed by atoms with E-state index < -0.39 is 14.9 Å². The Morgan fingerprint density at radius 2 is 1.83 bits per heavy atom. The van der Waals surface area contributed by atoms with Crippen LogP contribution in [0.3, 0.4) is 0 Å². The molecule has 1 saturated carbocycles. The van der Waals surface area contributed by atoms with Gasteiger partial charge in [-0.1, -0.05) is 6.07 Å². The molecule has 10 heteroatoms. The zero-order valence-electron chi connectivity index (χ0n) is 15.6. The summed E-state index contributed by atoms with van der Waals surface area (Å²) in [6.07, 6.45) is 2.49. The fourth-order valence-corrected chi connectivity index (χ4v) is 3.99. The molecular weight excluding hydrogens is 396 g/mol. The standard InChI is InChI=1S/C19H22N4O5S/c24-19(5-2-12-20-14-8-10-17(11-9-14)23(25)26)21-16-3-1-4-18(13-16)29(27,28)22-15-6-7-15/h1,3-4,8-11,13,15,20,22H,2,5-7,12H2,(H,21,24). The SMILES string of the molecule is O=C(CCCNc1ccc([N+](=O)[O-])cc1)Nc1cccc(S(=O)(=O)NC2CC2)c1. The minimum Gasteiger partial charge on any atom is -0.385 e. The highest BCUT2D eigenvalue weighted by Crippen LogP contribution is 2.23. The number of benzene rings is 2. The summed E-state index contributed by atoms with van der Waals surface area (Å²) in [6.45, 7) is 0.519. The highest BCUT2D eigenvalue weighted by molar-refractivity contribution is 7.89. The molecule has 0 saturated heterocycles. The number of nitrogens with one attached hydrogen (secondary N) is 3. The summed E-state index contributed by atoms with van der Waals surface area (Å²) in [6, 6.07) is 12.2. The van der Waals surface area contributed by atoms with E-state index in [1.807, 2.05) is 0 Å². The number of nitrogens with zero attached hydrogens (tertiary/aromatic N) is 1. The average Bonchev–Trinajstić information content (AvgIpc) is 3.49. The van der Waals surface area contributed by atoms with Crippen molar-refractivity contribution in [1.82, 2.24) is 4.72 Å². The smallest absolute Gasteiger partial charge is 0.269 e. The van der Waals surface area contributed by atoms with Crippen molar-refractivity contribution < 1.29 is 18.1 Å². The second-order valence-electron chi connectivity index (χ2n) is 6.81. The van der Waals surface area contributed by atoms with Crippen LogP contribution in [0.1, 0.15) is 25.7 Å². The maximum Gasteiger partial charge on any atom is 0.269 e. The fourth-order valence-electron chi connectivity index (χ4n) is 2.64. The Labute approximate surface area is 168 Å². The Morgan fingerprint density at radius 1 is 1.10 bits per heavy atom. The van der Waals surface area contributed by atoms with Gasteiger partial charge in [0.25, 0.3) is 5.69 Å². The molecule has 154 valence electrons. The summed E-state index contributed by atoms with van der Waals surface area (Å²) in [5.41, 5.74) is 1.18. The largest absolute Gasteiger partial charge is 0.385 e. The molecule has 3 rings (SSSR count). The lowest BCUT2D eigenvalue weighted by atomic mass is 10.2. The Balaban J connectivity index is 1.44. The zero-order valence-corrected chi connectivity index (χ0v) is 16.4. The van der Waals surface area contributed by atoms with Gasteiger partial charge in [0.1, 0.15) is 0 Å². The van der Waals surface area contributed by atoms with Crippen LogP contribution >= 0.6 is 0 Å². The molecule has 29 heavy (non-hydrogen) atoms. The van der Waals surface area contributed by atoms with Crippen LogP contribution in [0, 0.1) is 10.1 Å². The molecule has 0 aliphatic heterocycles. The van der Waals surface area contributed by atoms with E-state index in [1.54, 1.807) is 24.3 Å². The summed E-state index contributed by atoms with van der Waals surface area (Å²) in [5.74, 6) is -0.222. The molecular formula is C19H22N4O5S. The third kappa shape index (κ3) is 6.26. The van der Waals surface area contributed by atoms with E-state index in [0.717, 1.165) is 18.5 Å². The summed E-state index contributed by atoms with van der Waals surface area (Å²) in [4.78, 5) is 22.4. The minimum atomic E-state index is -3.57. The molecule has 3 N–H and O–H groups in total. The van der Waals surface area contributed by atoms with Crippen molar-refractivity contribution in [2.24, 2.45) is 0 Å². The Bertz CT molecular complexity index is 988. The van der Waals surface area contributed by atoms with Crippen molar-refractivity contribution in [2.45, 2.75) is 36.6 Å². The predicted octanol–water partition coefficient (Wildman–Crippen LogP) is 2.87. The first-order chi connectivity index (χ1) is 13.8. The quantitative estimate of drug-likeness (QED) is 0.309. The van der Waals surface area contributed by atoms with Crippen molar-refractivity contribution in [2.75, 3.05) is 17.2 Å². The summed E-state index contributed by atoms with van der Waals surface area (Å²) in [5, 5.41) is 16.4. The van der Waals surface area contributed by atoms with E-state index >= 15 is 0 Å². The molecule has 2 aromatic carbocycles. The molecule has 0 heterocycles. The van der Waals surface area contributed by atoms with Crippen LogP contribution in [0.15, 0.2) is 53.4 Å². The van der Waals surface area contributed by atoms with Gasteiger partial charge in [0, 0.05) is 42.5 Å². The number of rotatable bonds is 10. The summed E-state index contributed by atoms with van der Waals surface area (Å²) < 4.78 is 27.1. The number of non-ortho nitro benzene ring substituents is 1. The average molecular weight is 418 g/mol. The van der Waals surface area contributed by atoms with Gasteiger partial charge in [0.2, 0.25) is 15.9 Å². The van der Waals surface area contributed by atoms with Gasteiger partial charge in [-0.05, 0) is 49.6 Å². The number of nitro groups is 1. The van der Waals surface area contributed by atoms with Gasteiger partial charge in [-0.3, -0.25) is 14.9 Å². The van der Waals surface area contributed by atoms with E-state index in [0.29, 0.717) is 18.7 Å². The van der Waals surface area contributed by atoms with E-state index in [2.05, 4.69) is 15.4 Å². The predicted molar refractivity (Wildman–Crippen MR) is 109 cm³/mol. The van der Waals surface area contributed by atoms with Gasteiger partial charge in [0.15, 0.2) is 0 Å². The van der Waals surface area contributed by atoms with E-state index in [4.69, 9.17) is 0 Å². The topological polar surface area (TPSA) is 130 Å². The van der Waals surface area contributed by atoms with Crippen LogP contribution in [-0.2, 0) is 14.8 Å². The van der Waals surface area contributed by atoms with Gasteiger partial charge in [-0.2, -0.15) is 0 Å². The second kappa shape index (κ2) is 9.01. The van der Waals surface area contributed by atoms with Crippen molar-refractivity contribution in [3.8, 4) is 0 Å². The molecule has 1 fully saturated rings. The maximum absolute atomic E-state index is 12.3. The number of hydrogen-bond acceptors (Lipinski definition) is 6. The lowest BCUT2D eigenvalue weighted by molar-refractivity contribution is -0.384. The molecule has 0 unspecified atom stereocenters. The van der Waals surface area contributed by atoms with Gasteiger partial charge < -0.3 is 10.6 Å². The normalized spacial score (nSPS) is 13.7.